The lowest BCUT2D eigenvalue weighted by Crippen LogP contribution is -2.19. The van der Waals surface area contributed by atoms with Gasteiger partial charge in [-0.15, -0.1) is 0 Å². The average molecular weight is 282 g/mol. The molecule has 0 aliphatic rings. The fourth-order valence-corrected chi connectivity index (χ4v) is 1.67. The number of hydrogen-bond acceptors (Lipinski definition) is 5. The number of benzene rings is 1. The molecule has 0 fully saturated rings. The molecule has 0 heterocycles. The highest BCUT2D eigenvalue weighted by Crippen LogP contribution is 2.26. The Morgan fingerprint density at radius 2 is 2.15 bits per heavy atom. The number of nitrogens with one attached hydrogen (secondary N) is 1. The minimum absolute atomic E-state index is 0.0327. The second kappa shape index (κ2) is 8.39. The zero-order chi connectivity index (χ0) is 15.0. The van der Waals surface area contributed by atoms with Crippen molar-refractivity contribution in [3.8, 4) is 5.75 Å². The fraction of sp³-hybridized carbons (Fsp3) is 0.500. The number of nitrogens with two attached hydrogens (primary N) is 1. The van der Waals surface area contributed by atoms with Crippen molar-refractivity contribution < 1.29 is 19.0 Å². The highest BCUT2D eigenvalue weighted by Gasteiger charge is 2.09. The Balaban J connectivity index is 2.44. The van der Waals surface area contributed by atoms with Gasteiger partial charge in [0.05, 0.1) is 38.5 Å². The van der Waals surface area contributed by atoms with Crippen LogP contribution in [0.3, 0.4) is 0 Å². The van der Waals surface area contributed by atoms with E-state index in [2.05, 4.69) is 5.32 Å². The number of methoxy groups -OCH3 is 2. The predicted molar refractivity (Wildman–Crippen MR) is 77.9 cm³/mol. The van der Waals surface area contributed by atoms with E-state index in [1.54, 1.807) is 25.3 Å². The summed E-state index contributed by atoms with van der Waals surface area (Å²) < 4.78 is 15.5. The predicted octanol–water partition coefficient (Wildman–Crippen LogP) is 1.66. The van der Waals surface area contributed by atoms with Gasteiger partial charge in [-0.1, -0.05) is 0 Å². The summed E-state index contributed by atoms with van der Waals surface area (Å²) in [5.74, 6) is 0.416. The molecule has 1 amide bonds. The normalized spacial score (nSPS) is 11.9. The number of rotatable bonds is 8. The van der Waals surface area contributed by atoms with Crippen molar-refractivity contribution >= 4 is 17.3 Å². The van der Waals surface area contributed by atoms with E-state index in [-0.39, 0.29) is 18.4 Å². The lowest BCUT2D eigenvalue weighted by Gasteiger charge is -2.13. The summed E-state index contributed by atoms with van der Waals surface area (Å²) in [6, 6.07) is 5.08. The number of carbonyl (C=O) groups is 1. The third-order valence-electron chi connectivity index (χ3n) is 2.63. The Kier molecular flexibility index (Phi) is 6.83. The van der Waals surface area contributed by atoms with Crippen LogP contribution in [0.1, 0.15) is 13.3 Å². The van der Waals surface area contributed by atoms with E-state index >= 15 is 0 Å². The topological polar surface area (TPSA) is 82.8 Å². The molecule has 3 N–H and O–H groups in total. The third-order valence-corrected chi connectivity index (χ3v) is 2.63. The van der Waals surface area contributed by atoms with Crippen molar-refractivity contribution in [2.75, 3.05) is 38.5 Å². The molecule has 6 nitrogen and oxygen atoms in total. The lowest BCUT2D eigenvalue weighted by molar-refractivity contribution is -0.117. The zero-order valence-electron chi connectivity index (χ0n) is 12.1. The van der Waals surface area contributed by atoms with Gasteiger partial charge in [-0.2, -0.15) is 0 Å². The van der Waals surface area contributed by atoms with Gasteiger partial charge in [-0.05, 0) is 25.1 Å². The van der Waals surface area contributed by atoms with Gasteiger partial charge in [0.15, 0.2) is 0 Å². The molecule has 0 aliphatic heterocycles. The number of anilines is 2. The number of ether oxygens (including phenoxy) is 3. The van der Waals surface area contributed by atoms with E-state index < -0.39 is 0 Å². The summed E-state index contributed by atoms with van der Waals surface area (Å²) in [6.45, 7) is 2.73. The summed E-state index contributed by atoms with van der Waals surface area (Å²) in [5, 5.41) is 2.75. The van der Waals surface area contributed by atoms with Crippen LogP contribution >= 0.6 is 0 Å². The average Bonchev–Trinajstić information content (AvgIpc) is 2.39. The monoisotopic (exact) mass is 282 g/mol. The molecule has 0 saturated carbocycles. The van der Waals surface area contributed by atoms with Crippen molar-refractivity contribution in [2.24, 2.45) is 0 Å². The largest absolute Gasteiger partial charge is 0.495 e. The van der Waals surface area contributed by atoms with Gasteiger partial charge in [0, 0.05) is 12.8 Å². The molecule has 6 heteroatoms. The van der Waals surface area contributed by atoms with E-state index in [9.17, 15) is 4.79 Å². The summed E-state index contributed by atoms with van der Waals surface area (Å²) in [7, 11) is 3.15. The van der Waals surface area contributed by atoms with Crippen LogP contribution in [-0.2, 0) is 14.3 Å². The van der Waals surface area contributed by atoms with Gasteiger partial charge in [-0.3, -0.25) is 4.79 Å². The standard InChI is InChI=1S/C14H22N2O4/c1-10(9-18-2)20-7-6-14(17)16-12-8-11(15)4-5-13(12)19-3/h4-5,8,10H,6-7,9,15H2,1-3H3,(H,16,17). The summed E-state index contributed by atoms with van der Waals surface area (Å²) in [5.41, 5.74) is 6.80. The van der Waals surface area contributed by atoms with Gasteiger partial charge in [0.2, 0.25) is 5.91 Å². The van der Waals surface area contributed by atoms with Crippen molar-refractivity contribution in [1.29, 1.82) is 0 Å². The first-order valence-corrected chi connectivity index (χ1v) is 6.40. The van der Waals surface area contributed by atoms with E-state index in [1.165, 1.54) is 7.11 Å². The second-order valence-corrected chi connectivity index (χ2v) is 4.39. The molecule has 0 aromatic heterocycles. The first-order valence-electron chi connectivity index (χ1n) is 6.40. The summed E-state index contributed by atoms with van der Waals surface area (Å²) >= 11 is 0. The number of nitrogen functional groups attached to an aromatic ring is 1. The van der Waals surface area contributed by atoms with E-state index in [0.717, 1.165) is 0 Å². The zero-order valence-corrected chi connectivity index (χ0v) is 12.1. The van der Waals surface area contributed by atoms with Crippen molar-refractivity contribution in [2.45, 2.75) is 19.4 Å². The second-order valence-electron chi connectivity index (χ2n) is 4.39. The number of hydrogen-bond donors (Lipinski definition) is 2. The molecule has 1 unspecified atom stereocenters. The molecule has 20 heavy (non-hydrogen) atoms. The summed E-state index contributed by atoms with van der Waals surface area (Å²) in [4.78, 5) is 11.8. The molecule has 112 valence electrons. The van der Waals surface area contributed by atoms with Crippen molar-refractivity contribution in [3.63, 3.8) is 0 Å². The first kappa shape index (κ1) is 16.3. The minimum atomic E-state index is -0.154. The molecule has 0 spiro atoms. The number of amides is 1. The maximum Gasteiger partial charge on any atom is 0.226 e. The van der Waals surface area contributed by atoms with Gasteiger partial charge in [0.25, 0.3) is 0 Å². The van der Waals surface area contributed by atoms with Crippen LogP contribution in [0, 0.1) is 0 Å². The van der Waals surface area contributed by atoms with Gasteiger partial charge in [0.1, 0.15) is 5.75 Å². The highest BCUT2D eigenvalue weighted by atomic mass is 16.5. The first-order chi connectivity index (χ1) is 9.56. The van der Waals surface area contributed by atoms with Crippen LogP contribution in [0.15, 0.2) is 18.2 Å². The molecule has 0 aliphatic carbocycles. The molecular formula is C14H22N2O4. The number of carbonyl (C=O) groups excluding carboxylic acids is 1. The fourth-order valence-electron chi connectivity index (χ4n) is 1.67. The maximum absolute atomic E-state index is 11.8. The van der Waals surface area contributed by atoms with E-state index in [0.29, 0.717) is 30.3 Å². The van der Waals surface area contributed by atoms with Crippen molar-refractivity contribution in [1.82, 2.24) is 0 Å². The lowest BCUT2D eigenvalue weighted by atomic mass is 10.2. The molecule has 1 aromatic rings. The molecule has 0 radical (unpaired) electrons. The van der Waals surface area contributed by atoms with Crippen LogP contribution < -0.4 is 15.8 Å². The van der Waals surface area contributed by atoms with Gasteiger partial charge in [-0.25, -0.2) is 0 Å². The van der Waals surface area contributed by atoms with Gasteiger partial charge >= 0.3 is 0 Å². The molecular weight excluding hydrogens is 260 g/mol. The Bertz CT molecular complexity index is 437. The molecule has 0 bridgehead atoms. The Hall–Kier alpha value is -1.79. The molecule has 0 saturated heterocycles. The Morgan fingerprint density at radius 1 is 1.40 bits per heavy atom. The molecule has 1 atom stereocenters. The minimum Gasteiger partial charge on any atom is -0.495 e. The van der Waals surface area contributed by atoms with Crippen LogP contribution in [0.4, 0.5) is 11.4 Å². The van der Waals surface area contributed by atoms with Gasteiger partial charge < -0.3 is 25.3 Å². The van der Waals surface area contributed by atoms with Crippen LogP contribution in [0.2, 0.25) is 0 Å². The van der Waals surface area contributed by atoms with E-state index in [4.69, 9.17) is 19.9 Å². The molecule has 1 aromatic carbocycles. The van der Waals surface area contributed by atoms with Crippen LogP contribution in [0.5, 0.6) is 5.75 Å². The Morgan fingerprint density at radius 3 is 2.80 bits per heavy atom. The summed E-state index contributed by atoms with van der Waals surface area (Å²) in [6.07, 6.45) is 0.223. The Labute approximate surface area is 119 Å². The van der Waals surface area contributed by atoms with Crippen molar-refractivity contribution in [3.05, 3.63) is 18.2 Å². The highest BCUT2D eigenvalue weighted by molar-refractivity contribution is 5.92. The maximum atomic E-state index is 11.8. The third kappa shape index (κ3) is 5.46. The quantitative estimate of drug-likeness (QED) is 0.708. The van der Waals surface area contributed by atoms with Crippen LogP contribution in [0.25, 0.3) is 0 Å². The SMILES string of the molecule is COCC(C)OCCC(=O)Nc1cc(N)ccc1OC. The van der Waals surface area contributed by atoms with E-state index in [1.807, 2.05) is 6.92 Å². The van der Waals surface area contributed by atoms with Crippen LogP contribution in [-0.4, -0.2) is 39.4 Å². The molecule has 1 rings (SSSR count). The smallest absolute Gasteiger partial charge is 0.226 e.